The Kier molecular flexibility index (Phi) is 4.48. The molecule has 1 aliphatic heterocycles. The number of hydrogen-bond donors (Lipinski definition) is 1. The van der Waals surface area contributed by atoms with E-state index >= 15 is 0 Å². The average Bonchev–Trinajstić information content (AvgIpc) is 2.69. The van der Waals surface area contributed by atoms with Crippen LogP contribution < -0.4 is 0 Å². The second kappa shape index (κ2) is 5.93. The van der Waals surface area contributed by atoms with Gasteiger partial charge in [-0.15, -0.1) is 0 Å². The van der Waals surface area contributed by atoms with Gasteiger partial charge in [0.25, 0.3) is 0 Å². The number of aliphatic hydroxyl groups is 1. The quantitative estimate of drug-likeness (QED) is 0.924. The van der Waals surface area contributed by atoms with E-state index in [1.165, 1.54) is 0 Å². The van der Waals surface area contributed by atoms with Gasteiger partial charge in [-0.2, -0.15) is 0 Å². The van der Waals surface area contributed by atoms with Gasteiger partial charge in [0.05, 0.1) is 12.5 Å². The van der Waals surface area contributed by atoms with Crippen LogP contribution in [0.15, 0.2) is 24.3 Å². The minimum Gasteiger partial charge on any atom is -0.388 e. The van der Waals surface area contributed by atoms with Crippen molar-refractivity contribution in [3.63, 3.8) is 0 Å². The number of carbonyl (C=O) groups excluding carboxylic acids is 1. The van der Waals surface area contributed by atoms with Crippen molar-refractivity contribution in [3.8, 4) is 0 Å². The van der Waals surface area contributed by atoms with Crippen molar-refractivity contribution >= 4 is 17.5 Å². The number of benzene rings is 1. The van der Waals surface area contributed by atoms with Gasteiger partial charge in [0.1, 0.15) is 0 Å². The molecule has 1 saturated heterocycles. The van der Waals surface area contributed by atoms with E-state index in [4.69, 9.17) is 11.6 Å². The van der Waals surface area contributed by atoms with Crippen molar-refractivity contribution in [3.05, 3.63) is 34.9 Å². The number of rotatable bonds is 3. The summed E-state index contributed by atoms with van der Waals surface area (Å²) in [6, 6.07) is 7.53. The molecule has 0 aromatic heterocycles. The molecule has 0 radical (unpaired) electrons. The van der Waals surface area contributed by atoms with Gasteiger partial charge in [-0.1, -0.05) is 23.7 Å². The highest BCUT2D eigenvalue weighted by atomic mass is 35.5. The van der Waals surface area contributed by atoms with Crippen LogP contribution in [0.4, 0.5) is 0 Å². The molecule has 1 aromatic carbocycles. The number of carbonyl (C=O) groups is 1. The molecule has 4 heteroatoms. The van der Waals surface area contributed by atoms with Gasteiger partial charge in [-0.3, -0.25) is 4.79 Å². The van der Waals surface area contributed by atoms with E-state index in [1.807, 2.05) is 4.90 Å². The first-order valence-corrected chi connectivity index (χ1v) is 7.11. The number of likely N-dealkylation sites (tertiary alicyclic amines) is 1. The summed E-state index contributed by atoms with van der Waals surface area (Å²) in [4.78, 5) is 14.2. The van der Waals surface area contributed by atoms with E-state index in [9.17, 15) is 9.90 Å². The van der Waals surface area contributed by atoms with Gasteiger partial charge in [0, 0.05) is 17.1 Å². The maximum atomic E-state index is 12.3. The fraction of sp³-hybridized carbons (Fsp3) is 0.533. The Hall–Kier alpha value is -1.06. The van der Waals surface area contributed by atoms with Crippen LogP contribution >= 0.6 is 11.6 Å². The third-order valence-electron chi connectivity index (χ3n) is 3.86. The van der Waals surface area contributed by atoms with Crippen LogP contribution in [0, 0.1) is 0 Å². The minimum atomic E-state index is -0.759. The van der Waals surface area contributed by atoms with Gasteiger partial charge in [-0.05, 0) is 44.4 Å². The number of aliphatic hydroxyl groups excluding tert-OH is 1. The number of nitrogens with zero attached hydrogens (tertiary/aromatic N) is 1. The summed E-state index contributed by atoms with van der Waals surface area (Å²) in [7, 11) is 0. The highest BCUT2D eigenvalue weighted by Crippen LogP contribution is 2.27. The van der Waals surface area contributed by atoms with E-state index < -0.39 is 6.10 Å². The lowest BCUT2D eigenvalue weighted by molar-refractivity contribution is -0.135. The summed E-state index contributed by atoms with van der Waals surface area (Å²) in [5, 5.41) is 10.8. The molecule has 0 aliphatic carbocycles. The second-order valence-electron chi connectivity index (χ2n) is 5.35. The van der Waals surface area contributed by atoms with Gasteiger partial charge in [0.15, 0.2) is 0 Å². The van der Waals surface area contributed by atoms with Crippen molar-refractivity contribution in [2.45, 2.75) is 51.3 Å². The van der Waals surface area contributed by atoms with Crippen LogP contribution in [0.3, 0.4) is 0 Å². The first-order valence-electron chi connectivity index (χ1n) is 6.73. The van der Waals surface area contributed by atoms with E-state index in [-0.39, 0.29) is 24.4 Å². The summed E-state index contributed by atoms with van der Waals surface area (Å²) in [6.45, 7) is 4.13. The molecule has 1 N–H and O–H groups in total. The summed E-state index contributed by atoms with van der Waals surface area (Å²) in [5.41, 5.74) is 0.734. The third-order valence-corrected chi connectivity index (χ3v) is 4.11. The molecule has 0 saturated carbocycles. The Labute approximate surface area is 119 Å². The third kappa shape index (κ3) is 3.28. The molecule has 3 nitrogen and oxygen atoms in total. The first kappa shape index (κ1) is 14.4. The highest BCUT2D eigenvalue weighted by molar-refractivity contribution is 6.30. The van der Waals surface area contributed by atoms with Crippen LogP contribution in [-0.2, 0) is 4.79 Å². The number of amides is 1. The fourth-order valence-corrected chi connectivity index (χ4v) is 2.89. The van der Waals surface area contributed by atoms with Crippen LogP contribution in [0.1, 0.15) is 44.8 Å². The first-order chi connectivity index (χ1) is 8.99. The molecule has 1 aliphatic rings. The van der Waals surface area contributed by atoms with Gasteiger partial charge >= 0.3 is 0 Å². The topological polar surface area (TPSA) is 40.5 Å². The molecular formula is C15H20ClNO2. The molecule has 1 amide bonds. The minimum absolute atomic E-state index is 0.0277. The summed E-state index contributed by atoms with van der Waals surface area (Å²) in [5.74, 6) is 0.0277. The van der Waals surface area contributed by atoms with Gasteiger partial charge < -0.3 is 10.0 Å². The van der Waals surface area contributed by atoms with Crippen molar-refractivity contribution in [2.75, 3.05) is 0 Å². The Bertz CT molecular complexity index is 436. The number of hydrogen-bond acceptors (Lipinski definition) is 2. The van der Waals surface area contributed by atoms with Crippen LogP contribution in [0.5, 0.6) is 0 Å². The van der Waals surface area contributed by atoms with Gasteiger partial charge in [-0.25, -0.2) is 0 Å². The smallest absolute Gasteiger partial charge is 0.226 e. The van der Waals surface area contributed by atoms with Crippen molar-refractivity contribution in [1.29, 1.82) is 0 Å². The molecule has 0 bridgehead atoms. The molecule has 2 rings (SSSR count). The average molecular weight is 282 g/mol. The van der Waals surface area contributed by atoms with Crippen molar-refractivity contribution < 1.29 is 9.90 Å². The molecule has 1 fully saturated rings. The van der Waals surface area contributed by atoms with Crippen LogP contribution in [0.25, 0.3) is 0 Å². The lowest BCUT2D eigenvalue weighted by Gasteiger charge is -2.27. The Morgan fingerprint density at radius 2 is 1.84 bits per heavy atom. The zero-order valence-electron chi connectivity index (χ0n) is 11.3. The Balaban J connectivity index is 2.00. The summed E-state index contributed by atoms with van der Waals surface area (Å²) < 4.78 is 0. The normalized spacial score (nSPS) is 24.5. The summed E-state index contributed by atoms with van der Waals surface area (Å²) in [6.07, 6.45) is 1.47. The molecular weight excluding hydrogens is 262 g/mol. The SMILES string of the molecule is CC1CCC(C)N1C(=O)CC(O)c1ccc(Cl)cc1. The van der Waals surface area contributed by atoms with Crippen LogP contribution in [-0.4, -0.2) is 28.0 Å². The molecule has 19 heavy (non-hydrogen) atoms. The van der Waals surface area contributed by atoms with E-state index in [2.05, 4.69) is 13.8 Å². The molecule has 104 valence electrons. The molecule has 3 unspecified atom stereocenters. The molecule has 0 spiro atoms. The summed E-state index contributed by atoms with van der Waals surface area (Å²) >= 11 is 5.81. The van der Waals surface area contributed by atoms with E-state index in [0.717, 1.165) is 18.4 Å². The predicted molar refractivity (Wildman–Crippen MR) is 76.0 cm³/mol. The number of halogens is 1. The predicted octanol–water partition coefficient (Wildman–Crippen LogP) is 3.16. The van der Waals surface area contributed by atoms with Gasteiger partial charge in [0.2, 0.25) is 5.91 Å². The fourth-order valence-electron chi connectivity index (χ4n) is 2.76. The maximum absolute atomic E-state index is 12.3. The monoisotopic (exact) mass is 281 g/mol. The van der Waals surface area contributed by atoms with E-state index in [1.54, 1.807) is 24.3 Å². The lowest BCUT2D eigenvalue weighted by atomic mass is 10.1. The Morgan fingerprint density at radius 3 is 2.37 bits per heavy atom. The Morgan fingerprint density at radius 1 is 1.32 bits per heavy atom. The van der Waals surface area contributed by atoms with Crippen LogP contribution in [0.2, 0.25) is 5.02 Å². The highest BCUT2D eigenvalue weighted by Gasteiger charge is 2.32. The largest absolute Gasteiger partial charge is 0.388 e. The van der Waals surface area contributed by atoms with Crippen molar-refractivity contribution in [1.82, 2.24) is 4.90 Å². The van der Waals surface area contributed by atoms with E-state index in [0.29, 0.717) is 5.02 Å². The van der Waals surface area contributed by atoms with Crippen molar-refractivity contribution in [2.24, 2.45) is 0 Å². The standard InChI is InChI=1S/C15H20ClNO2/c1-10-3-4-11(2)17(10)15(19)9-14(18)12-5-7-13(16)8-6-12/h5-8,10-11,14,18H,3-4,9H2,1-2H3. The maximum Gasteiger partial charge on any atom is 0.226 e. The lowest BCUT2D eigenvalue weighted by Crippen LogP contribution is -2.39. The zero-order valence-corrected chi connectivity index (χ0v) is 12.1. The zero-order chi connectivity index (χ0) is 14.0. The molecule has 3 atom stereocenters. The molecule has 1 aromatic rings. The second-order valence-corrected chi connectivity index (χ2v) is 5.78. The molecule has 1 heterocycles.